The molecule has 0 radical (unpaired) electrons. The van der Waals surface area contributed by atoms with Crippen LogP contribution in [0.15, 0.2) is 40.6 Å². The number of thiophene rings is 1. The van der Waals surface area contributed by atoms with Gasteiger partial charge in [-0.3, -0.25) is 0 Å². The van der Waals surface area contributed by atoms with Gasteiger partial charge in [0.1, 0.15) is 11.4 Å². The maximum Gasteiger partial charge on any atom is 0.243 e. The Morgan fingerprint density at radius 3 is 2.54 bits per heavy atom. The van der Waals surface area contributed by atoms with Crippen molar-refractivity contribution in [2.45, 2.75) is 29.8 Å². The van der Waals surface area contributed by atoms with Crippen molar-refractivity contribution in [2.24, 2.45) is 0 Å². The van der Waals surface area contributed by atoms with Crippen LogP contribution in [-0.4, -0.2) is 32.4 Å². The number of fused-ring (bicyclic) bond motifs is 2. The first-order valence-electron chi connectivity index (χ1n) is 7.98. The summed E-state index contributed by atoms with van der Waals surface area (Å²) >= 11 is 1.70. The van der Waals surface area contributed by atoms with E-state index in [2.05, 4.69) is 11.4 Å². The molecule has 0 amide bonds. The molecule has 24 heavy (non-hydrogen) atoms. The van der Waals surface area contributed by atoms with Gasteiger partial charge in [0.25, 0.3) is 0 Å². The summed E-state index contributed by atoms with van der Waals surface area (Å²) in [6.07, 6.45) is 2.24. The Kier molecular flexibility index (Phi) is 3.99. The van der Waals surface area contributed by atoms with E-state index in [0.717, 1.165) is 6.42 Å². The van der Waals surface area contributed by atoms with Crippen LogP contribution in [0.3, 0.4) is 0 Å². The lowest BCUT2D eigenvalue weighted by Crippen LogP contribution is -2.47. The number of piperidine rings is 1. The van der Waals surface area contributed by atoms with Crippen LogP contribution in [0.5, 0.6) is 0 Å². The number of rotatable bonds is 2. The van der Waals surface area contributed by atoms with Crippen molar-refractivity contribution in [1.29, 1.82) is 0 Å². The van der Waals surface area contributed by atoms with Crippen molar-refractivity contribution in [3.8, 4) is 0 Å². The Bertz CT molecular complexity index is 837. The molecule has 0 unspecified atom stereocenters. The van der Waals surface area contributed by atoms with Crippen LogP contribution in [0.4, 0.5) is 4.39 Å². The van der Waals surface area contributed by atoms with Crippen LogP contribution in [0.2, 0.25) is 0 Å². The van der Waals surface area contributed by atoms with E-state index in [1.54, 1.807) is 11.3 Å². The van der Waals surface area contributed by atoms with E-state index in [1.807, 2.05) is 0 Å². The lowest BCUT2D eigenvalue weighted by Gasteiger charge is -2.43. The summed E-state index contributed by atoms with van der Waals surface area (Å²) in [5, 5.41) is 2.09. The lowest BCUT2D eigenvalue weighted by molar-refractivity contribution is -0.0861. The second-order valence-electron chi connectivity index (χ2n) is 6.23. The first-order chi connectivity index (χ1) is 11.5. The molecule has 1 aromatic carbocycles. The van der Waals surface area contributed by atoms with Crippen molar-refractivity contribution < 1.29 is 17.5 Å². The third-order valence-corrected chi connectivity index (χ3v) is 7.95. The zero-order valence-corrected chi connectivity index (χ0v) is 14.7. The highest BCUT2D eigenvalue weighted by Gasteiger charge is 2.44. The Balaban J connectivity index is 1.56. The van der Waals surface area contributed by atoms with Crippen molar-refractivity contribution >= 4 is 21.4 Å². The number of hydrogen-bond acceptors (Lipinski definition) is 4. The summed E-state index contributed by atoms with van der Waals surface area (Å²) in [6.45, 7) is 1.52. The molecule has 2 aromatic rings. The van der Waals surface area contributed by atoms with E-state index >= 15 is 0 Å². The molecule has 4 nitrogen and oxygen atoms in total. The van der Waals surface area contributed by atoms with Crippen LogP contribution in [-0.2, 0) is 26.8 Å². The van der Waals surface area contributed by atoms with Crippen LogP contribution < -0.4 is 0 Å². The number of nitrogens with zero attached hydrogens (tertiary/aromatic N) is 1. The number of hydrogen-bond donors (Lipinski definition) is 0. The van der Waals surface area contributed by atoms with Crippen LogP contribution in [0.25, 0.3) is 0 Å². The molecule has 2 aliphatic rings. The predicted octanol–water partition coefficient (Wildman–Crippen LogP) is 3.14. The molecule has 1 aromatic heterocycles. The number of halogens is 1. The second kappa shape index (κ2) is 5.91. The molecule has 0 N–H and O–H groups in total. The lowest BCUT2D eigenvalue weighted by atomic mass is 9.86. The third kappa shape index (κ3) is 2.60. The summed E-state index contributed by atoms with van der Waals surface area (Å²) in [6, 6.07) is 7.15. The predicted molar refractivity (Wildman–Crippen MR) is 90.0 cm³/mol. The minimum absolute atomic E-state index is 0.140. The standard InChI is InChI=1S/C17H18FNO3S2/c18-14-1-3-15(4-2-14)24(20,21)19-9-7-17(8-10-19)16-13(5-11-22-17)6-12-23-16/h1-4,6,12H,5,7-11H2. The van der Waals surface area contributed by atoms with Gasteiger partial charge in [0, 0.05) is 18.0 Å². The van der Waals surface area contributed by atoms with Crippen molar-refractivity contribution in [2.75, 3.05) is 19.7 Å². The highest BCUT2D eigenvalue weighted by molar-refractivity contribution is 7.89. The van der Waals surface area contributed by atoms with Crippen molar-refractivity contribution in [1.82, 2.24) is 4.31 Å². The van der Waals surface area contributed by atoms with E-state index in [0.29, 0.717) is 32.5 Å². The Labute approximate surface area is 144 Å². The molecule has 1 spiro atoms. The van der Waals surface area contributed by atoms with Gasteiger partial charge in [0.05, 0.1) is 11.5 Å². The van der Waals surface area contributed by atoms with Gasteiger partial charge < -0.3 is 4.74 Å². The molecule has 4 rings (SSSR count). The zero-order chi connectivity index (χ0) is 16.8. The fourth-order valence-electron chi connectivity index (χ4n) is 3.57. The fourth-order valence-corrected chi connectivity index (χ4v) is 6.18. The van der Waals surface area contributed by atoms with Gasteiger partial charge in [-0.25, -0.2) is 12.8 Å². The molecule has 2 aliphatic heterocycles. The molecule has 3 heterocycles. The van der Waals surface area contributed by atoms with Gasteiger partial charge in [-0.1, -0.05) is 0 Å². The highest BCUT2D eigenvalue weighted by atomic mass is 32.2. The first kappa shape index (κ1) is 16.2. The molecule has 1 saturated heterocycles. The second-order valence-corrected chi connectivity index (χ2v) is 9.08. The molecular weight excluding hydrogens is 349 g/mol. The zero-order valence-electron chi connectivity index (χ0n) is 13.1. The quantitative estimate of drug-likeness (QED) is 0.819. The SMILES string of the molecule is O=S(=O)(c1ccc(F)cc1)N1CCC2(CC1)OCCc1ccsc12. The van der Waals surface area contributed by atoms with E-state index < -0.39 is 15.8 Å². The van der Waals surface area contributed by atoms with Gasteiger partial charge in [0.15, 0.2) is 0 Å². The smallest absolute Gasteiger partial charge is 0.243 e. The van der Waals surface area contributed by atoms with Crippen LogP contribution in [0, 0.1) is 5.82 Å². The Morgan fingerprint density at radius 2 is 1.83 bits per heavy atom. The number of sulfonamides is 1. The van der Waals surface area contributed by atoms with Gasteiger partial charge in [-0.15, -0.1) is 11.3 Å². The molecule has 0 saturated carbocycles. The highest BCUT2D eigenvalue weighted by Crippen LogP contribution is 2.44. The molecule has 7 heteroatoms. The average molecular weight is 367 g/mol. The number of ether oxygens (including phenoxy) is 1. The fraction of sp³-hybridized carbons (Fsp3) is 0.412. The summed E-state index contributed by atoms with van der Waals surface area (Å²) in [5.74, 6) is -0.438. The van der Waals surface area contributed by atoms with Gasteiger partial charge in [-0.05, 0) is 60.5 Å². The maximum atomic E-state index is 13.0. The molecule has 1 fully saturated rings. The third-order valence-electron chi connectivity index (χ3n) is 4.89. The molecular formula is C17H18FNO3S2. The molecule has 128 valence electrons. The summed E-state index contributed by atoms with van der Waals surface area (Å²) in [4.78, 5) is 1.40. The number of benzene rings is 1. The van der Waals surface area contributed by atoms with Crippen LogP contribution >= 0.6 is 11.3 Å². The largest absolute Gasteiger partial charge is 0.369 e. The van der Waals surface area contributed by atoms with Gasteiger partial charge in [-0.2, -0.15) is 4.31 Å². The van der Waals surface area contributed by atoms with E-state index in [9.17, 15) is 12.8 Å². The van der Waals surface area contributed by atoms with Crippen molar-refractivity contribution in [3.05, 3.63) is 52.0 Å². The average Bonchev–Trinajstić information content (AvgIpc) is 3.06. The normalized spacial score (nSPS) is 20.9. The first-order valence-corrected chi connectivity index (χ1v) is 10.3. The van der Waals surface area contributed by atoms with Gasteiger partial charge >= 0.3 is 0 Å². The summed E-state index contributed by atoms with van der Waals surface area (Å²) < 4.78 is 46.1. The van der Waals surface area contributed by atoms with E-state index in [1.165, 1.54) is 39.0 Å². The van der Waals surface area contributed by atoms with Crippen molar-refractivity contribution in [3.63, 3.8) is 0 Å². The minimum atomic E-state index is -3.58. The Morgan fingerprint density at radius 1 is 1.12 bits per heavy atom. The summed E-state index contributed by atoms with van der Waals surface area (Å²) in [7, 11) is -3.58. The minimum Gasteiger partial charge on any atom is -0.369 e. The monoisotopic (exact) mass is 367 g/mol. The van der Waals surface area contributed by atoms with Gasteiger partial charge in [0.2, 0.25) is 10.0 Å². The Hall–Kier alpha value is -1.28. The molecule has 0 bridgehead atoms. The topological polar surface area (TPSA) is 46.6 Å². The molecule has 0 aliphatic carbocycles. The maximum absolute atomic E-state index is 13.0. The summed E-state index contributed by atoms with van der Waals surface area (Å²) in [5.41, 5.74) is 0.998. The molecule has 0 atom stereocenters. The van der Waals surface area contributed by atoms with Crippen LogP contribution in [0.1, 0.15) is 23.3 Å². The van der Waals surface area contributed by atoms with E-state index in [4.69, 9.17) is 4.74 Å². The van der Waals surface area contributed by atoms with E-state index in [-0.39, 0.29) is 10.5 Å².